The Hall–Kier alpha value is -0.860. The van der Waals surface area contributed by atoms with E-state index in [1.54, 1.807) is 0 Å². The minimum atomic E-state index is -0.0753. The number of aliphatic hydroxyl groups is 1. The predicted octanol–water partition coefficient (Wildman–Crippen LogP) is 3.81. The molecule has 1 aliphatic carbocycles. The Morgan fingerprint density at radius 2 is 1.85 bits per heavy atom. The molecule has 1 aromatic carbocycles. The summed E-state index contributed by atoms with van der Waals surface area (Å²) in [6, 6.07) is 4.92. The summed E-state index contributed by atoms with van der Waals surface area (Å²) in [6.45, 7) is 9.84. The number of aryl methyl sites for hydroxylation is 3. The van der Waals surface area contributed by atoms with Gasteiger partial charge in [0.2, 0.25) is 0 Å². The van der Waals surface area contributed by atoms with E-state index in [2.05, 4.69) is 45.1 Å². The molecule has 0 aliphatic heterocycles. The number of nitrogens with one attached hydrogen (secondary N) is 1. The van der Waals surface area contributed by atoms with Crippen LogP contribution in [0.25, 0.3) is 0 Å². The fourth-order valence-electron chi connectivity index (χ4n) is 3.77. The molecule has 0 amide bonds. The lowest BCUT2D eigenvalue weighted by Crippen LogP contribution is -2.31. The van der Waals surface area contributed by atoms with Gasteiger partial charge in [-0.1, -0.05) is 24.1 Å². The van der Waals surface area contributed by atoms with Crippen LogP contribution in [0.1, 0.15) is 60.9 Å². The molecule has 112 valence electrons. The zero-order valence-electron chi connectivity index (χ0n) is 13.4. The maximum atomic E-state index is 9.75. The lowest BCUT2D eigenvalue weighted by atomic mass is 9.87. The first-order valence-electron chi connectivity index (χ1n) is 7.96. The molecule has 20 heavy (non-hydrogen) atoms. The second-order valence-corrected chi connectivity index (χ2v) is 6.63. The summed E-state index contributed by atoms with van der Waals surface area (Å²) in [5, 5.41) is 13.4. The summed E-state index contributed by atoms with van der Waals surface area (Å²) in [7, 11) is 0. The Morgan fingerprint density at radius 3 is 2.45 bits per heavy atom. The van der Waals surface area contributed by atoms with Crippen LogP contribution in [0.3, 0.4) is 0 Å². The van der Waals surface area contributed by atoms with Gasteiger partial charge in [0, 0.05) is 6.04 Å². The van der Waals surface area contributed by atoms with Crippen molar-refractivity contribution in [3.05, 3.63) is 34.4 Å². The molecule has 1 fully saturated rings. The van der Waals surface area contributed by atoms with Crippen molar-refractivity contribution in [2.45, 2.75) is 65.5 Å². The average molecular weight is 275 g/mol. The summed E-state index contributed by atoms with van der Waals surface area (Å²) in [6.07, 6.45) is 4.30. The highest BCUT2D eigenvalue weighted by atomic mass is 16.3. The van der Waals surface area contributed by atoms with Crippen LogP contribution in [0.2, 0.25) is 0 Å². The largest absolute Gasteiger partial charge is 0.393 e. The highest BCUT2D eigenvalue weighted by Gasteiger charge is 2.21. The van der Waals surface area contributed by atoms with Crippen molar-refractivity contribution in [2.75, 3.05) is 6.54 Å². The summed E-state index contributed by atoms with van der Waals surface area (Å²) in [4.78, 5) is 0. The van der Waals surface area contributed by atoms with Crippen molar-refractivity contribution in [1.29, 1.82) is 0 Å². The molecule has 1 aromatic rings. The van der Waals surface area contributed by atoms with Gasteiger partial charge in [0.25, 0.3) is 0 Å². The fourth-order valence-corrected chi connectivity index (χ4v) is 3.77. The average Bonchev–Trinajstić information content (AvgIpc) is 2.35. The number of hydrogen-bond acceptors (Lipinski definition) is 2. The Labute approximate surface area is 123 Å². The maximum Gasteiger partial charge on any atom is 0.0543 e. The first-order valence-corrected chi connectivity index (χ1v) is 7.96. The van der Waals surface area contributed by atoms with Crippen molar-refractivity contribution >= 4 is 0 Å². The van der Waals surface area contributed by atoms with Crippen molar-refractivity contribution in [3.63, 3.8) is 0 Å². The topological polar surface area (TPSA) is 32.3 Å². The third kappa shape index (κ3) is 3.83. The van der Waals surface area contributed by atoms with E-state index in [4.69, 9.17) is 0 Å². The Bertz CT molecular complexity index is 432. The molecule has 2 rings (SSSR count). The molecule has 0 saturated heterocycles. The van der Waals surface area contributed by atoms with Gasteiger partial charge in [0.15, 0.2) is 0 Å². The summed E-state index contributed by atoms with van der Waals surface area (Å²) in [5.74, 6) is 0.632. The van der Waals surface area contributed by atoms with Crippen molar-refractivity contribution < 1.29 is 5.11 Å². The molecule has 2 nitrogen and oxygen atoms in total. The molecule has 2 N–H and O–H groups in total. The van der Waals surface area contributed by atoms with Gasteiger partial charge in [-0.2, -0.15) is 0 Å². The lowest BCUT2D eigenvalue weighted by molar-refractivity contribution is 0.0998. The molecule has 1 aliphatic rings. The van der Waals surface area contributed by atoms with Crippen LogP contribution in [0, 0.1) is 26.7 Å². The van der Waals surface area contributed by atoms with Crippen molar-refractivity contribution in [1.82, 2.24) is 5.32 Å². The van der Waals surface area contributed by atoms with E-state index in [1.165, 1.54) is 35.1 Å². The van der Waals surface area contributed by atoms with Gasteiger partial charge in [-0.15, -0.1) is 0 Å². The SMILES string of the molecule is Cc1cc(C)c(C(C)NCC2CCCC(O)C2)c(C)c1. The van der Waals surface area contributed by atoms with Gasteiger partial charge < -0.3 is 10.4 Å². The highest BCUT2D eigenvalue weighted by Crippen LogP contribution is 2.26. The van der Waals surface area contributed by atoms with Gasteiger partial charge in [0.1, 0.15) is 0 Å². The minimum absolute atomic E-state index is 0.0753. The second kappa shape index (κ2) is 6.73. The third-order valence-corrected chi connectivity index (χ3v) is 4.64. The van der Waals surface area contributed by atoms with E-state index < -0.39 is 0 Å². The van der Waals surface area contributed by atoms with Crippen molar-refractivity contribution in [2.24, 2.45) is 5.92 Å². The molecular formula is C18H29NO. The van der Waals surface area contributed by atoms with Crippen LogP contribution in [0.5, 0.6) is 0 Å². The molecule has 0 bridgehead atoms. The Kier molecular flexibility index (Phi) is 5.22. The normalized spacial score (nSPS) is 24.6. The number of aliphatic hydroxyl groups excluding tert-OH is 1. The van der Waals surface area contributed by atoms with E-state index in [0.717, 1.165) is 19.4 Å². The Morgan fingerprint density at radius 1 is 1.20 bits per heavy atom. The summed E-state index contributed by atoms with van der Waals surface area (Å²) < 4.78 is 0. The number of rotatable bonds is 4. The quantitative estimate of drug-likeness (QED) is 0.875. The minimum Gasteiger partial charge on any atom is -0.393 e. The van der Waals surface area contributed by atoms with Gasteiger partial charge in [0.05, 0.1) is 6.10 Å². The van der Waals surface area contributed by atoms with E-state index >= 15 is 0 Å². The zero-order valence-corrected chi connectivity index (χ0v) is 13.4. The van der Waals surface area contributed by atoms with Gasteiger partial charge in [-0.3, -0.25) is 0 Å². The molecule has 0 radical (unpaired) electrons. The van der Waals surface area contributed by atoms with Crippen LogP contribution in [0.15, 0.2) is 12.1 Å². The van der Waals surface area contributed by atoms with Crippen molar-refractivity contribution in [3.8, 4) is 0 Å². The standard InChI is InChI=1S/C18H29NO/c1-12-8-13(2)18(14(3)9-12)15(4)19-11-16-6-5-7-17(20)10-16/h8-9,15-17,19-20H,5-7,10-11H2,1-4H3. The molecule has 0 spiro atoms. The molecule has 3 unspecified atom stereocenters. The fraction of sp³-hybridized carbons (Fsp3) is 0.667. The first kappa shape index (κ1) is 15.5. The third-order valence-electron chi connectivity index (χ3n) is 4.64. The molecular weight excluding hydrogens is 246 g/mol. The summed E-state index contributed by atoms with van der Waals surface area (Å²) >= 11 is 0. The monoisotopic (exact) mass is 275 g/mol. The molecule has 0 heterocycles. The molecule has 1 saturated carbocycles. The van der Waals surface area contributed by atoms with Gasteiger partial charge in [-0.05, 0) is 76.1 Å². The highest BCUT2D eigenvalue weighted by molar-refractivity contribution is 5.39. The van der Waals surface area contributed by atoms with Crippen LogP contribution < -0.4 is 5.32 Å². The summed E-state index contributed by atoms with van der Waals surface area (Å²) in [5.41, 5.74) is 5.54. The second-order valence-electron chi connectivity index (χ2n) is 6.63. The van der Waals surface area contributed by atoms with Crippen LogP contribution >= 0.6 is 0 Å². The maximum absolute atomic E-state index is 9.75. The lowest BCUT2D eigenvalue weighted by Gasteiger charge is -2.28. The van der Waals surface area contributed by atoms with E-state index in [0.29, 0.717) is 12.0 Å². The molecule has 3 atom stereocenters. The number of benzene rings is 1. The van der Waals surface area contributed by atoms with E-state index in [9.17, 15) is 5.11 Å². The smallest absolute Gasteiger partial charge is 0.0543 e. The van der Waals surface area contributed by atoms with Crippen LogP contribution in [-0.2, 0) is 0 Å². The van der Waals surface area contributed by atoms with Gasteiger partial charge >= 0.3 is 0 Å². The van der Waals surface area contributed by atoms with Gasteiger partial charge in [-0.25, -0.2) is 0 Å². The van der Waals surface area contributed by atoms with E-state index in [1.807, 2.05) is 0 Å². The van der Waals surface area contributed by atoms with Crippen LogP contribution in [-0.4, -0.2) is 17.8 Å². The number of hydrogen-bond donors (Lipinski definition) is 2. The molecule has 0 aromatic heterocycles. The molecule has 2 heteroatoms. The van der Waals surface area contributed by atoms with E-state index in [-0.39, 0.29) is 6.10 Å². The van der Waals surface area contributed by atoms with Crippen LogP contribution in [0.4, 0.5) is 0 Å². The first-order chi connectivity index (χ1) is 9.47. The Balaban J connectivity index is 1.96. The predicted molar refractivity (Wildman–Crippen MR) is 85.0 cm³/mol. The zero-order chi connectivity index (χ0) is 14.7.